The van der Waals surface area contributed by atoms with Gasteiger partial charge in [-0.05, 0) is 56.5 Å². The van der Waals surface area contributed by atoms with Crippen LogP contribution in [0.5, 0.6) is 0 Å². The Morgan fingerprint density at radius 3 is 2.76 bits per heavy atom. The van der Waals surface area contributed by atoms with E-state index in [1.54, 1.807) is 0 Å². The number of nitrogens with one attached hydrogen (secondary N) is 1. The highest BCUT2D eigenvalue weighted by molar-refractivity contribution is 7.98. The van der Waals surface area contributed by atoms with Crippen molar-refractivity contribution in [3.05, 3.63) is 35.4 Å². The van der Waals surface area contributed by atoms with Crippen LogP contribution in [-0.4, -0.2) is 18.6 Å². The van der Waals surface area contributed by atoms with Crippen LogP contribution in [0.2, 0.25) is 0 Å². The first-order valence-corrected chi connectivity index (χ1v) is 7.22. The second-order valence-corrected chi connectivity index (χ2v) is 5.03. The smallest absolute Gasteiger partial charge is 0.128 e. The van der Waals surface area contributed by atoms with Crippen LogP contribution in [0, 0.1) is 11.6 Å². The third kappa shape index (κ3) is 5.04. The van der Waals surface area contributed by atoms with E-state index in [-0.39, 0.29) is 11.9 Å². The van der Waals surface area contributed by atoms with Crippen molar-refractivity contribution in [3.8, 4) is 0 Å². The normalized spacial score (nSPS) is 12.7. The van der Waals surface area contributed by atoms with Crippen LogP contribution in [-0.2, 0) is 0 Å². The fourth-order valence-electron chi connectivity index (χ4n) is 1.65. The molecular weight excluding hydrogens is 240 g/mol. The first-order chi connectivity index (χ1) is 8.15. The zero-order chi connectivity index (χ0) is 12.7. The molecule has 1 nitrogen and oxygen atoms in total. The second kappa shape index (κ2) is 7.67. The number of hydrogen-bond acceptors (Lipinski definition) is 2. The van der Waals surface area contributed by atoms with Gasteiger partial charge in [-0.25, -0.2) is 8.78 Å². The van der Waals surface area contributed by atoms with Gasteiger partial charge in [0.25, 0.3) is 0 Å². The van der Waals surface area contributed by atoms with Gasteiger partial charge in [0.05, 0.1) is 0 Å². The van der Waals surface area contributed by atoms with Crippen molar-refractivity contribution >= 4 is 11.8 Å². The summed E-state index contributed by atoms with van der Waals surface area (Å²) in [5.41, 5.74) is 0.398. The minimum absolute atomic E-state index is 0.153. The first kappa shape index (κ1) is 14.5. The highest BCUT2D eigenvalue weighted by atomic mass is 32.2. The molecule has 0 fully saturated rings. The quantitative estimate of drug-likeness (QED) is 0.748. The summed E-state index contributed by atoms with van der Waals surface area (Å²) < 4.78 is 26.4. The molecule has 1 aromatic rings. The average molecular weight is 259 g/mol. The fourth-order valence-corrected chi connectivity index (χ4v) is 2.14. The fraction of sp³-hybridized carbons (Fsp3) is 0.538. The molecular formula is C13H19F2NS. The Hall–Kier alpha value is -0.610. The summed E-state index contributed by atoms with van der Waals surface area (Å²) in [5.74, 6) is 0.401. The Balaban J connectivity index is 2.41. The van der Waals surface area contributed by atoms with Crippen LogP contribution in [0.25, 0.3) is 0 Å². The summed E-state index contributed by atoms with van der Waals surface area (Å²) in [7, 11) is 0. The number of hydrogen-bond donors (Lipinski definition) is 1. The molecule has 0 aromatic heterocycles. The Bertz CT molecular complexity index is 344. The second-order valence-electron chi connectivity index (χ2n) is 4.04. The van der Waals surface area contributed by atoms with Gasteiger partial charge < -0.3 is 5.32 Å². The number of rotatable bonds is 7. The van der Waals surface area contributed by atoms with Crippen LogP contribution >= 0.6 is 11.8 Å². The van der Waals surface area contributed by atoms with Gasteiger partial charge in [0.15, 0.2) is 0 Å². The lowest BCUT2D eigenvalue weighted by Crippen LogP contribution is -2.21. The van der Waals surface area contributed by atoms with E-state index in [0.29, 0.717) is 5.56 Å². The van der Waals surface area contributed by atoms with Gasteiger partial charge in [-0.1, -0.05) is 0 Å². The van der Waals surface area contributed by atoms with E-state index in [9.17, 15) is 8.78 Å². The van der Waals surface area contributed by atoms with Crippen LogP contribution < -0.4 is 5.32 Å². The van der Waals surface area contributed by atoms with Crippen molar-refractivity contribution in [3.63, 3.8) is 0 Å². The van der Waals surface area contributed by atoms with E-state index < -0.39 is 5.82 Å². The molecule has 0 amide bonds. The zero-order valence-corrected chi connectivity index (χ0v) is 11.1. The van der Waals surface area contributed by atoms with Crippen LogP contribution in [0.4, 0.5) is 8.78 Å². The van der Waals surface area contributed by atoms with E-state index in [1.807, 2.05) is 18.7 Å². The first-order valence-electron chi connectivity index (χ1n) is 5.82. The van der Waals surface area contributed by atoms with Crippen molar-refractivity contribution in [2.24, 2.45) is 0 Å². The molecule has 0 heterocycles. The topological polar surface area (TPSA) is 12.0 Å². The Morgan fingerprint density at radius 2 is 2.06 bits per heavy atom. The Morgan fingerprint density at radius 1 is 1.29 bits per heavy atom. The number of unbranched alkanes of at least 4 members (excludes halogenated alkanes) is 1. The summed E-state index contributed by atoms with van der Waals surface area (Å²) in [4.78, 5) is 0. The Kier molecular flexibility index (Phi) is 6.52. The number of halogens is 2. The van der Waals surface area contributed by atoms with Gasteiger partial charge >= 0.3 is 0 Å². The lowest BCUT2D eigenvalue weighted by Gasteiger charge is -2.15. The molecule has 1 N–H and O–H groups in total. The van der Waals surface area contributed by atoms with Gasteiger partial charge in [-0.3, -0.25) is 0 Å². The van der Waals surface area contributed by atoms with E-state index in [0.717, 1.165) is 31.2 Å². The predicted molar refractivity (Wildman–Crippen MR) is 70.4 cm³/mol. The standard InChI is InChI=1S/C13H19F2NS/c1-10(16-7-3-4-8-17-2)12-9-11(14)5-6-13(12)15/h5-6,9-10,16H,3-4,7-8H2,1-2H3. The highest BCUT2D eigenvalue weighted by Gasteiger charge is 2.10. The number of benzene rings is 1. The van der Waals surface area contributed by atoms with E-state index in [4.69, 9.17) is 0 Å². The summed E-state index contributed by atoms with van der Waals surface area (Å²) >= 11 is 1.82. The molecule has 0 spiro atoms. The van der Waals surface area contributed by atoms with Crippen molar-refractivity contribution in [2.75, 3.05) is 18.6 Å². The van der Waals surface area contributed by atoms with E-state index in [1.165, 1.54) is 12.1 Å². The van der Waals surface area contributed by atoms with E-state index in [2.05, 4.69) is 11.6 Å². The lowest BCUT2D eigenvalue weighted by atomic mass is 10.1. The monoisotopic (exact) mass is 259 g/mol. The molecule has 1 unspecified atom stereocenters. The molecule has 0 saturated carbocycles. The molecule has 0 bridgehead atoms. The minimum atomic E-state index is -0.391. The maximum Gasteiger partial charge on any atom is 0.128 e. The summed E-state index contributed by atoms with van der Waals surface area (Å²) in [6, 6.07) is 3.43. The summed E-state index contributed by atoms with van der Waals surface area (Å²) in [5, 5.41) is 3.21. The van der Waals surface area contributed by atoms with Gasteiger partial charge in [0.2, 0.25) is 0 Å². The molecule has 4 heteroatoms. The third-order valence-corrected chi connectivity index (χ3v) is 3.35. The highest BCUT2D eigenvalue weighted by Crippen LogP contribution is 2.17. The maximum absolute atomic E-state index is 13.4. The van der Waals surface area contributed by atoms with Crippen LogP contribution in [0.1, 0.15) is 31.4 Å². The molecule has 1 aromatic carbocycles. The Labute approximate surface area is 106 Å². The molecule has 0 aliphatic rings. The minimum Gasteiger partial charge on any atom is -0.310 e. The predicted octanol–water partition coefficient (Wildman–Crippen LogP) is 3.76. The van der Waals surface area contributed by atoms with Gasteiger partial charge in [-0.2, -0.15) is 11.8 Å². The molecule has 0 aliphatic carbocycles. The van der Waals surface area contributed by atoms with Gasteiger partial charge in [0, 0.05) is 11.6 Å². The third-order valence-electron chi connectivity index (χ3n) is 2.65. The maximum atomic E-state index is 13.4. The molecule has 1 rings (SSSR count). The molecule has 96 valence electrons. The molecule has 0 radical (unpaired) electrons. The van der Waals surface area contributed by atoms with Gasteiger partial charge in [-0.15, -0.1) is 0 Å². The molecule has 17 heavy (non-hydrogen) atoms. The summed E-state index contributed by atoms with van der Waals surface area (Å²) in [6.45, 7) is 2.68. The van der Waals surface area contributed by atoms with Crippen molar-refractivity contribution < 1.29 is 8.78 Å². The number of thioether (sulfide) groups is 1. The van der Waals surface area contributed by atoms with Crippen LogP contribution in [0.15, 0.2) is 18.2 Å². The van der Waals surface area contributed by atoms with Crippen molar-refractivity contribution in [2.45, 2.75) is 25.8 Å². The van der Waals surface area contributed by atoms with Crippen molar-refractivity contribution in [1.29, 1.82) is 0 Å². The van der Waals surface area contributed by atoms with Crippen LogP contribution in [0.3, 0.4) is 0 Å². The molecule has 1 atom stereocenters. The van der Waals surface area contributed by atoms with Gasteiger partial charge in [0.1, 0.15) is 11.6 Å². The molecule has 0 aliphatic heterocycles. The lowest BCUT2D eigenvalue weighted by molar-refractivity contribution is 0.512. The average Bonchev–Trinajstić information content (AvgIpc) is 2.32. The van der Waals surface area contributed by atoms with Crippen molar-refractivity contribution in [1.82, 2.24) is 5.32 Å². The van der Waals surface area contributed by atoms with E-state index >= 15 is 0 Å². The molecule has 0 saturated heterocycles. The SMILES string of the molecule is CSCCCCNC(C)c1cc(F)ccc1F. The zero-order valence-electron chi connectivity index (χ0n) is 10.3. The largest absolute Gasteiger partial charge is 0.310 e. The summed E-state index contributed by atoms with van der Waals surface area (Å²) in [6.07, 6.45) is 4.28.